The summed E-state index contributed by atoms with van der Waals surface area (Å²) in [6, 6.07) is -0.838. The van der Waals surface area contributed by atoms with Gasteiger partial charge in [0.25, 0.3) is 5.91 Å². The Balaban J connectivity index is 0.00000106. The first-order valence-electron chi connectivity index (χ1n) is 7.48. The van der Waals surface area contributed by atoms with Crippen LogP contribution >= 0.6 is 0 Å². The molecule has 116 valence electrons. The molecule has 1 heterocycles. The summed E-state index contributed by atoms with van der Waals surface area (Å²) in [5, 5.41) is 11.8. The molecule has 0 radical (unpaired) electrons. The lowest BCUT2D eigenvalue weighted by Crippen LogP contribution is -2.46. The maximum atomic E-state index is 11.9. The lowest BCUT2D eigenvalue weighted by molar-refractivity contribution is -0.141. The van der Waals surface area contributed by atoms with Crippen molar-refractivity contribution in [1.29, 1.82) is 0 Å². The molecule has 6 heteroatoms. The molecule has 1 aliphatic carbocycles. The molecule has 2 rings (SSSR count). The molecule has 0 aliphatic heterocycles. The Morgan fingerprint density at radius 1 is 1.24 bits per heavy atom. The summed E-state index contributed by atoms with van der Waals surface area (Å²) < 4.78 is 0. The smallest absolute Gasteiger partial charge is 0.326 e. The second-order valence-corrected chi connectivity index (χ2v) is 4.78. The van der Waals surface area contributed by atoms with Crippen LogP contribution in [0.3, 0.4) is 0 Å². The van der Waals surface area contributed by atoms with E-state index in [0.29, 0.717) is 0 Å². The fraction of sp³-hybridized carbons (Fsp3) is 0.600. The van der Waals surface area contributed by atoms with Crippen LogP contribution in [0.2, 0.25) is 0 Å². The molecular weight excluding hydrogens is 270 g/mol. The van der Waals surface area contributed by atoms with Crippen molar-refractivity contribution < 1.29 is 14.7 Å². The molecule has 1 amide bonds. The van der Waals surface area contributed by atoms with Gasteiger partial charge in [-0.3, -0.25) is 9.78 Å². The molecule has 21 heavy (non-hydrogen) atoms. The maximum Gasteiger partial charge on any atom is 0.326 e. The Kier molecular flexibility index (Phi) is 7.36. The molecule has 0 saturated heterocycles. The summed E-state index contributed by atoms with van der Waals surface area (Å²) >= 11 is 0. The third kappa shape index (κ3) is 5.13. The van der Waals surface area contributed by atoms with Gasteiger partial charge in [-0.2, -0.15) is 0 Å². The number of carboxylic acid groups (broad SMARTS) is 1. The zero-order chi connectivity index (χ0) is 15.7. The molecule has 1 saturated carbocycles. The molecule has 0 bridgehead atoms. The maximum absolute atomic E-state index is 11.9. The second kappa shape index (κ2) is 9.05. The minimum absolute atomic E-state index is 0.00636. The minimum Gasteiger partial charge on any atom is -0.480 e. The number of nitrogens with one attached hydrogen (secondary N) is 1. The summed E-state index contributed by atoms with van der Waals surface area (Å²) in [6.07, 6.45) is 9.08. The number of amides is 1. The fourth-order valence-electron chi connectivity index (χ4n) is 2.48. The van der Waals surface area contributed by atoms with Crippen LogP contribution in [0, 0.1) is 5.92 Å². The van der Waals surface area contributed by atoms with Crippen LogP contribution in [-0.2, 0) is 4.79 Å². The summed E-state index contributed by atoms with van der Waals surface area (Å²) in [5.74, 6) is -1.46. The van der Waals surface area contributed by atoms with Crippen molar-refractivity contribution in [3.8, 4) is 0 Å². The predicted octanol–water partition coefficient (Wildman–Crippen LogP) is 2.27. The van der Waals surface area contributed by atoms with Gasteiger partial charge in [0.1, 0.15) is 11.7 Å². The highest BCUT2D eigenvalue weighted by molar-refractivity contribution is 5.94. The number of aliphatic carboxylic acids is 1. The first-order valence-corrected chi connectivity index (χ1v) is 7.48. The van der Waals surface area contributed by atoms with Crippen molar-refractivity contribution in [1.82, 2.24) is 15.3 Å². The van der Waals surface area contributed by atoms with Crippen LogP contribution in [0.5, 0.6) is 0 Å². The number of carboxylic acids is 1. The molecule has 0 aromatic carbocycles. The Hall–Kier alpha value is -1.98. The monoisotopic (exact) mass is 293 g/mol. The van der Waals surface area contributed by atoms with Gasteiger partial charge in [0, 0.05) is 12.4 Å². The standard InChI is InChI=1S/C13H17N3O3.C2H6/c17-12(10-8-14-6-7-15-10)16-11(13(18)19)9-4-2-1-3-5-9;1-2/h6-9,11H,1-5H2,(H,16,17)(H,18,19);1-2H3. The lowest BCUT2D eigenvalue weighted by atomic mass is 9.84. The first kappa shape index (κ1) is 17.1. The van der Waals surface area contributed by atoms with Gasteiger partial charge in [0.15, 0.2) is 0 Å². The molecule has 1 aromatic heterocycles. The lowest BCUT2D eigenvalue weighted by Gasteiger charge is -2.27. The molecule has 2 N–H and O–H groups in total. The Morgan fingerprint density at radius 2 is 1.90 bits per heavy atom. The highest BCUT2D eigenvalue weighted by Gasteiger charge is 2.31. The van der Waals surface area contributed by atoms with Gasteiger partial charge >= 0.3 is 5.97 Å². The minimum atomic E-state index is -0.982. The Morgan fingerprint density at radius 3 is 2.43 bits per heavy atom. The average Bonchev–Trinajstić information content (AvgIpc) is 2.55. The van der Waals surface area contributed by atoms with Gasteiger partial charge in [-0.15, -0.1) is 0 Å². The summed E-state index contributed by atoms with van der Waals surface area (Å²) in [4.78, 5) is 30.9. The highest BCUT2D eigenvalue weighted by Crippen LogP contribution is 2.26. The third-order valence-corrected chi connectivity index (χ3v) is 3.47. The van der Waals surface area contributed by atoms with Gasteiger partial charge in [-0.05, 0) is 18.8 Å². The number of hydrogen-bond acceptors (Lipinski definition) is 4. The van der Waals surface area contributed by atoms with E-state index in [0.717, 1.165) is 32.1 Å². The topological polar surface area (TPSA) is 92.2 Å². The van der Waals surface area contributed by atoms with E-state index in [2.05, 4.69) is 15.3 Å². The molecule has 6 nitrogen and oxygen atoms in total. The van der Waals surface area contributed by atoms with Crippen LogP contribution < -0.4 is 5.32 Å². The third-order valence-electron chi connectivity index (χ3n) is 3.47. The molecule has 1 aromatic rings. The van der Waals surface area contributed by atoms with Gasteiger partial charge in [0.05, 0.1) is 6.20 Å². The Labute approximate surface area is 125 Å². The van der Waals surface area contributed by atoms with Crippen LogP contribution in [0.15, 0.2) is 18.6 Å². The van der Waals surface area contributed by atoms with Gasteiger partial charge in [-0.1, -0.05) is 33.1 Å². The molecule has 0 spiro atoms. The van der Waals surface area contributed by atoms with Crippen molar-refractivity contribution in [2.24, 2.45) is 5.92 Å². The van der Waals surface area contributed by atoms with Crippen LogP contribution in [-0.4, -0.2) is 33.0 Å². The van der Waals surface area contributed by atoms with E-state index < -0.39 is 17.9 Å². The number of aromatic nitrogens is 2. The normalized spacial score (nSPS) is 16.3. The largest absolute Gasteiger partial charge is 0.480 e. The summed E-state index contributed by atoms with van der Waals surface area (Å²) in [7, 11) is 0. The van der Waals surface area contributed by atoms with Crippen molar-refractivity contribution in [2.75, 3.05) is 0 Å². The van der Waals surface area contributed by atoms with Crippen LogP contribution in [0.25, 0.3) is 0 Å². The molecule has 1 unspecified atom stereocenters. The zero-order valence-corrected chi connectivity index (χ0v) is 12.6. The van der Waals surface area contributed by atoms with E-state index in [1.54, 1.807) is 0 Å². The average molecular weight is 293 g/mol. The van der Waals surface area contributed by atoms with Gasteiger partial charge < -0.3 is 10.4 Å². The van der Waals surface area contributed by atoms with E-state index in [-0.39, 0.29) is 11.6 Å². The zero-order valence-electron chi connectivity index (χ0n) is 12.6. The van der Waals surface area contributed by atoms with Crippen LogP contribution in [0.1, 0.15) is 56.4 Å². The predicted molar refractivity (Wildman–Crippen MR) is 78.8 cm³/mol. The molecular formula is C15H23N3O3. The fourth-order valence-corrected chi connectivity index (χ4v) is 2.48. The highest BCUT2D eigenvalue weighted by atomic mass is 16.4. The van der Waals surface area contributed by atoms with E-state index in [1.807, 2.05) is 13.8 Å². The van der Waals surface area contributed by atoms with Gasteiger partial charge in [-0.25, -0.2) is 9.78 Å². The van der Waals surface area contributed by atoms with Crippen molar-refractivity contribution in [3.63, 3.8) is 0 Å². The quantitative estimate of drug-likeness (QED) is 0.888. The van der Waals surface area contributed by atoms with Crippen molar-refractivity contribution >= 4 is 11.9 Å². The number of rotatable bonds is 4. The molecule has 1 atom stereocenters. The van der Waals surface area contributed by atoms with Gasteiger partial charge in [0.2, 0.25) is 0 Å². The number of nitrogens with zero attached hydrogens (tertiary/aromatic N) is 2. The van der Waals surface area contributed by atoms with E-state index in [9.17, 15) is 14.7 Å². The molecule has 1 aliphatic rings. The van der Waals surface area contributed by atoms with E-state index in [4.69, 9.17) is 0 Å². The number of carbonyl (C=O) groups is 2. The number of carbonyl (C=O) groups excluding carboxylic acids is 1. The number of hydrogen-bond donors (Lipinski definition) is 2. The molecule has 1 fully saturated rings. The van der Waals surface area contributed by atoms with E-state index in [1.165, 1.54) is 18.6 Å². The van der Waals surface area contributed by atoms with Crippen LogP contribution in [0.4, 0.5) is 0 Å². The first-order chi connectivity index (χ1) is 10.2. The van der Waals surface area contributed by atoms with Crippen molar-refractivity contribution in [2.45, 2.75) is 52.0 Å². The van der Waals surface area contributed by atoms with E-state index >= 15 is 0 Å². The summed E-state index contributed by atoms with van der Waals surface area (Å²) in [5.41, 5.74) is 0.143. The summed E-state index contributed by atoms with van der Waals surface area (Å²) in [6.45, 7) is 4.00. The second-order valence-electron chi connectivity index (χ2n) is 4.78. The van der Waals surface area contributed by atoms with Crippen molar-refractivity contribution in [3.05, 3.63) is 24.3 Å². The SMILES string of the molecule is CC.O=C(NC(C(=O)O)C1CCCCC1)c1cnccn1. The Bertz CT molecular complexity index is 445.